The molecule has 1 N–H and O–H groups in total. The molecule has 0 fully saturated rings. The van der Waals surface area contributed by atoms with Crippen molar-refractivity contribution >= 4 is 5.97 Å². The summed E-state index contributed by atoms with van der Waals surface area (Å²) in [5, 5.41) is 8.28. The molecule has 1 aromatic rings. The Balaban J connectivity index is 2.72. The zero-order valence-corrected chi connectivity index (χ0v) is 9.26. The predicted octanol–water partition coefficient (Wildman–Crippen LogP) is 2.96. The molecule has 4 heteroatoms. The van der Waals surface area contributed by atoms with Crippen molar-refractivity contribution in [1.82, 2.24) is 0 Å². The molecule has 1 aromatic carbocycles. The van der Waals surface area contributed by atoms with Crippen LogP contribution < -0.4 is 0 Å². The lowest BCUT2D eigenvalue weighted by Crippen LogP contribution is -2.28. The van der Waals surface area contributed by atoms with E-state index in [4.69, 9.17) is 5.11 Å². The monoisotopic (exact) mass is 228 g/mol. The number of carbonyl (C=O) groups is 1. The van der Waals surface area contributed by atoms with Crippen LogP contribution in [0.3, 0.4) is 0 Å². The maximum atomic E-state index is 12.8. The smallest absolute Gasteiger partial charge is 0.374 e. The van der Waals surface area contributed by atoms with Gasteiger partial charge in [-0.3, -0.25) is 0 Å². The van der Waals surface area contributed by atoms with Crippen molar-refractivity contribution in [2.45, 2.75) is 32.6 Å². The molecule has 0 aliphatic heterocycles. The van der Waals surface area contributed by atoms with Crippen molar-refractivity contribution < 1.29 is 18.7 Å². The van der Waals surface area contributed by atoms with Gasteiger partial charge in [0.15, 0.2) is 0 Å². The van der Waals surface area contributed by atoms with Gasteiger partial charge in [0.05, 0.1) is 0 Å². The summed E-state index contributed by atoms with van der Waals surface area (Å²) in [4.78, 5) is 10.2. The summed E-state index contributed by atoms with van der Waals surface area (Å²) in [6.07, 6.45) is -0.586. The van der Waals surface area contributed by atoms with Crippen LogP contribution in [0.4, 0.5) is 8.78 Å². The van der Waals surface area contributed by atoms with Crippen LogP contribution in [0.2, 0.25) is 0 Å². The number of aryl methyl sites for hydroxylation is 3. The molecule has 88 valence electrons. The highest BCUT2D eigenvalue weighted by Crippen LogP contribution is 2.22. The van der Waals surface area contributed by atoms with Gasteiger partial charge in [-0.15, -0.1) is 0 Å². The third kappa shape index (κ3) is 3.02. The number of carboxylic acid groups (broad SMARTS) is 1. The number of hydrogen-bond acceptors (Lipinski definition) is 1. The summed E-state index contributed by atoms with van der Waals surface area (Å²) in [6.45, 7) is 3.75. The zero-order chi connectivity index (χ0) is 12.3. The number of benzene rings is 1. The summed E-state index contributed by atoms with van der Waals surface area (Å²) in [5.41, 5.74) is 2.75. The van der Waals surface area contributed by atoms with Gasteiger partial charge in [-0.2, -0.15) is 8.78 Å². The van der Waals surface area contributed by atoms with Crippen LogP contribution in [0.25, 0.3) is 0 Å². The average Bonchev–Trinajstić information content (AvgIpc) is 2.16. The molecule has 0 amide bonds. The quantitative estimate of drug-likeness (QED) is 0.860. The van der Waals surface area contributed by atoms with E-state index in [1.54, 1.807) is 6.07 Å². The third-order valence-corrected chi connectivity index (χ3v) is 2.52. The van der Waals surface area contributed by atoms with E-state index in [9.17, 15) is 13.6 Å². The van der Waals surface area contributed by atoms with Crippen LogP contribution in [0.5, 0.6) is 0 Å². The molecule has 0 saturated heterocycles. The first-order valence-corrected chi connectivity index (χ1v) is 5.00. The second kappa shape index (κ2) is 4.60. The highest BCUT2D eigenvalue weighted by molar-refractivity contribution is 5.75. The Labute approximate surface area is 92.9 Å². The molecule has 0 aliphatic carbocycles. The lowest BCUT2D eigenvalue weighted by Gasteiger charge is -2.12. The van der Waals surface area contributed by atoms with E-state index < -0.39 is 18.3 Å². The molecule has 0 radical (unpaired) electrons. The van der Waals surface area contributed by atoms with Crippen LogP contribution in [0, 0.1) is 13.8 Å². The van der Waals surface area contributed by atoms with Gasteiger partial charge in [0, 0.05) is 6.42 Å². The van der Waals surface area contributed by atoms with Crippen LogP contribution >= 0.6 is 0 Å². The molecule has 0 heterocycles. The molecule has 0 aliphatic rings. The Kier molecular flexibility index (Phi) is 3.62. The Morgan fingerprint density at radius 1 is 1.38 bits per heavy atom. The van der Waals surface area contributed by atoms with Gasteiger partial charge in [0.1, 0.15) is 0 Å². The number of alkyl halides is 2. The molecule has 0 saturated carbocycles. The second-order valence-electron chi connectivity index (χ2n) is 3.94. The van der Waals surface area contributed by atoms with Crippen LogP contribution in [-0.4, -0.2) is 17.0 Å². The van der Waals surface area contributed by atoms with Crippen molar-refractivity contribution in [2.24, 2.45) is 0 Å². The fourth-order valence-corrected chi connectivity index (χ4v) is 1.52. The number of halogens is 2. The number of carboxylic acids is 1. The molecule has 16 heavy (non-hydrogen) atoms. The number of hydrogen-bond donors (Lipinski definition) is 1. The van der Waals surface area contributed by atoms with Gasteiger partial charge < -0.3 is 5.11 Å². The topological polar surface area (TPSA) is 37.3 Å². The molecule has 0 aromatic heterocycles. The number of rotatable bonds is 4. The first kappa shape index (κ1) is 12.6. The molecule has 0 spiro atoms. The van der Waals surface area contributed by atoms with Crippen LogP contribution in [-0.2, 0) is 11.2 Å². The van der Waals surface area contributed by atoms with Crippen molar-refractivity contribution in [3.63, 3.8) is 0 Å². The lowest BCUT2D eigenvalue weighted by molar-refractivity contribution is -0.165. The average molecular weight is 228 g/mol. The maximum absolute atomic E-state index is 12.8. The zero-order valence-electron chi connectivity index (χ0n) is 9.26. The van der Waals surface area contributed by atoms with Gasteiger partial charge in [-0.25, -0.2) is 4.79 Å². The summed E-state index contributed by atoms with van der Waals surface area (Å²) in [5.74, 6) is -5.70. The minimum absolute atomic E-state index is 0.0748. The Bertz CT molecular complexity index is 400. The summed E-state index contributed by atoms with van der Waals surface area (Å²) in [7, 11) is 0. The first-order valence-electron chi connectivity index (χ1n) is 5.00. The molecular weight excluding hydrogens is 214 g/mol. The molecule has 0 atom stereocenters. The van der Waals surface area contributed by atoms with Crippen molar-refractivity contribution in [3.8, 4) is 0 Å². The van der Waals surface area contributed by atoms with Crippen molar-refractivity contribution in [3.05, 3.63) is 34.9 Å². The first-order chi connectivity index (χ1) is 7.33. The van der Waals surface area contributed by atoms with E-state index in [2.05, 4.69) is 0 Å². The van der Waals surface area contributed by atoms with Gasteiger partial charge in [0.2, 0.25) is 0 Å². The van der Waals surface area contributed by atoms with Crippen molar-refractivity contribution in [1.29, 1.82) is 0 Å². The SMILES string of the molecule is Cc1ccc(CCC(F)(F)C(=O)O)c(C)c1. The van der Waals surface area contributed by atoms with Gasteiger partial charge >= 0.3 is 11.9 Å². The third-order valence-electron chi connectivity index (χ3n) is 2.52. The van der Waals surface area contributed by atoms with Gasteiger partial charge in [0.25, 0.3) is 0 Å². The van der Waals surface area contributed by atoms with E-state index in [0.29, 0.717) is 0 Å². The van der Waals surface area contributed by atoms with Crippen LogP contribution in [0.15, 0.2) is 18.2 Å². The minimum atomic E-state index is -3.64. The molecule has 0 bridgehead atoms. The van der Waals surface area contributed by atoms with E-state index in [1.165, 1.54) is 0 Å². The van der Waals surface area contributed by atoms with Gasteiger partial charge in [-0.05, 0) is 31.4 Å². The molecule has 2 nitrogen and oxygen atoms in total. The fraction of sp³-hybridized carbons (Fsp3) is 0.417. The lowest BCUT2D eigenvalue weighted by atomic mass is 10.00. The van der Waals surface area contributed by atoms with E-state index in [1.807, 2.05) is 26.0 Å². The predicted molar refractivity (Wildman–Crippen MR) is 56.8 cm³/mol. The Hall–Kier alpha value is -1.45. The maximum Gasteiger partial charge on any atom is 0.374 e. The summed E-state index contributed by atoms with van der Waals surface area (Å²) >= 11 is 0. The van der Waals surface area contributed by atoms with Crippen LogP contribution in [0.1, 0.15) is 23.1 Å². The molecule has 0 unspecified atom stereocenters. The molecular formula is C12H14F2O2. The Morgan fingerprint density at radius 3 is 2.50 bits per heavy atom. The fourth-order valence-electron chi connectivity index (χ4n) is 1.52. The highest BCUT2D eigenvalue weighted by atomic mass is 19.3. The van der Waals surface area contributed by atoms with E-state index >= 15 is 0 Å². The van der Waals surface area contributed by atoms with Crippen molar-refractivity contribution in [2.75, 3.05) is 0 Å². The van der Waals surface area contributed by atoms with E-state index in [-0.39, 0.29) is 6.42 Å². The Morgan fingerprint density at radius 2 is 2.00 bits per heavy atom. The van der Waals surface area contributed by atoms with Gasteiger partial charge in [-0.1, -0.05) is 23.8 Å². The second-order valence-corrected chi connectivity index (χ2v) is 3.94. The largest absolute Gasteiger partial charge is 0.477 e. The number of aliphatic carboxylic acids is 1. The standard InChI is InChI=1S/C12H14F2O2/c1-8-3-4-10(9(2)7-8)5-6-12(13,14)11(15)16/h3-4,7H,5-6H2,1-2H3,(H,15,16). The molecule has 1 rings (SSSR count). The highest BCUT2D eigenvalue weighted by Gasteiger charge is 2.37. The minimum Gasteiger partial charge on any atom is -0.477 e. The summed E-state index contributed by atoms with van der Waals surface area (Å²) < 4.78 is 25.7. The normalized spacial score (nSPS) is 11.5. The summed E-state index contributed by atoms with van der Waals surface area (Å²) in [6, 6.07) is 5.50. The van der Waals surface area contributed by atoms with E-state index in [0.717, 1.165) is 16.7 Å².